The summed E-state index contributed by atoms with van der Waals surface area (Å²) in [4.78, 5) is 1.19. The first-order valence-corrected chi connectivity index (χ1v) is 6.84. The fourth-order valence-electron chi connectivity index (χ4n) is 1.97. The summed E-state index contributed by atoms with van der Waals surface area (Å²) >= 11 is 1.86. The van der Waals surface area contributed by atoms with Gasteiger partial charge >= 0.3 is 0 Å². The maximum atomic E-state index is 13.1. The molecule has 0 bridgehead atoms. The minimum absolute atomic E-state index is 0.105. The Hall–Kier alpha value is -0.540. The van der Waals surface area contributed by atoms with Gasteiger partial charge in [-0.25, -0.2) is 4.39 Å². The van der Waals surface area contributed by atoms with Crippen LogP contribution in [-0.4, -0.2) is 18.8 Å². The van der Waals surface area contributed by atoms with Crippen molar-refractivity contribution in [2.24, 2.45) is 5.92 Å². The fraction of sp³-hybridized carbons (Fsp3) is 0.538. The van der Waals surface area contributed by atoms with Crippen LogP contribution in [-0.2, 0) is 0 Å². The van der Waals surface area contributed by atoms with Gasteiger partial charge in [0.25, 0.3) is 0 Å². The number of halogens is 1. The molecule has 3 heteroatoms. The van der Waals surface area contributed by atoms with Crippen molar-refractivity contribution in [3.05, 3.63) is 29.6 Å². The molecule has 1 aromatic carbocycles. The topological polar surface area (TPSA) is 12.0 Å². The van der Waals surface area contributed by atoms with E-state index >= 15 is 0 Å². The highest BCUT2D eigenvalue weighted by Gasteiger charge is 2.13. The Morgan fingerprint density at radius 3 is 2.81 bits per heavy atom. The maximum Gasteiger partial charge on any atom is 0.126 e. The van der Waals surface area contributed by atoms with E-state index in [9.17, 15) is 4.39 Å². The van der Waals surface area contributed by atoms with Crippen molar-refractivity contribution >= 4 is 11.8 Å². The average molecular weight is 239 g/mol. The summed E-state index contributed by atoms with van der Waals surface area (Å²) in [7, 11) is 0. The molecule has 0 atom stereocenters. The number of nitrogens with one attached hydrogen (secondary N) is 1. The highest BCUT2D eigenvalue weighted by Crippen LogP contribution is 2.26. The van der Waals surface area contributed by atoms with E-state index in [1.165, 1.54) is 17.7 Å². The summed E-state index contributed by atoms with van der Waals surface area (Å²) in [6.45, 7) is 4.12. The van der Waals surface area contributed by atoms with Gasteiger partial charge < -0.3 is 5.32 Å². The van der Waals surface area contributed by atoms with Crippen molar-refractivity contribution in [2.75, 3.05) is 18.8 Å². The Morgan fingerprint density at radius 1 is 1.38 bits per heavy atom. The van der Waals surface area contributed by atoms with E-state index in [1.807, 2.05) is 30.8 Å². The fourth-order valence-corrected chi connectivity index (χ4v) is 3.16. The first-order valence-electron chi connectivity index (χ1n) is 5.85. The lowest BCUT2D eigenvalue weighted by Gasteiger charge is -2.22. The molecule has 0 aliphatic carbocycles. The van der Waals surface area contributed by atoms with Crippen LogP contribution in [0.15, 0.2) is 23.1 Å². The molecule has 88 valence electrons. The lowest BCUT2D eigenvalue weighted by atomic mass is 10.0. The molecule has 16 heavy (non-hydrogen) atoms. The first kappa shape index (κ1) is 11.9. The predicted octanol–water partition coefficient (Wildman–Crippen LogP) is 3.23. The summed E-state index contributed by atoms with van der Waals surface area (Å²) in [6.07, 6.45) is 2.54. The van der Waals surface area contributed by atoms with E-state index in [0.717, 1.165) is 30.3 Å². The van der Waals surface area contributed by atoms with Crippen molar-refractivity contribution in [2.45, 2.75) is 24.7 Å². The number of rotatable bonds is 3. The van der Waals surface area contributed by atoms with Crippen LogP contribution in [0.25, 0.3) is 0 Å². The van der Waals surface area contributed by atoms with Crippen LogP contribution in [0.1, 0.15) is 18.4 Å². The zero-order valence-corrected chi connectivity index (χ0v) is 10.4. The Bertz CT molecular complexity index is 348. The molecule has 0 saturated carbocycles. The van der Waals surface area contributed by atoms with Gasteiger partial charge in [0.05, 0.1) is 0 Å². The van der Waals surface area contributed by atoms with E-state index in [-0.39, 0.29) is 5.82 Å². The van der Waals surface area contributed by atoms with Gasteiger partial charge in [0.2, 0.25) is 0 Å². The number of hydrogen-bond donors (Lipinski definition) is 1. The van der Waals surface area contributed by atoms with Gasteiger partial charge in [-0.15, -0.1) is 11.8 Å². The molecule has 0 aromatic heterocycles. The van der Waals surface area contributed by atoms with Gasteiger partial charge in [-0.05, 0) is 62.5 Å². The van der Waals surface area contributed by atoms with Crippen LogP contribution in [0.2, 0.25) is 0 Å². The summed E-state index contributed by atoms with van der Waals surface area (Å²) in [6, 6.07) is 5.40. The molecule has 1 aromatic rings. The number of piperidine rings is 1. The summed E-state index contributed by atoms with van der Waals surface area (Å²) in [5.74, 6) is 1.87. The van der Waals surface area contributed by atoms with Crippen LogP contribution in [0, 0.1) is 18.7 Å². The number of aryl methyl sites for hydroxylation is 1. The van der Waals surface area contributed by atoms with Gasteiger partial charge in [-0.2, -0.15) is 0 Å². The highest BCUT2D eigenvalue weighted by atomic mass is 32.2. The molecule has 1 heterocycles. The van der Waals surface area contributed by atoms with Gasteiger partial charge in [-0.1, -0.05) is 0 Å². The van der Waals surface area contributed by atoms with Gasteiger partial charge in [0.15, 0.2) is 0 Å². The van der Waals surface area contributed by atoms with E-state index in [1.54, 1.807) is 6.07 Å². The largest absolute Gasteiger partial charge is 0.317 e. The van der Waals surface area contributed by atoms with E-state index < -0.39 is 0 Å². The summed E-state index contributed by atoms with van der Waals surface area (Å²) in [5, 5.41) is 3.37. The predicted molar refractivity (Wildman–Crippen MR) is 67.5 cm³/mol. The van der Waals surface area contributed by atoms with Crippen molar-refractivity contribution in [3.8, 4) is 0 Å². The molecular weight excluding hydrogens is 221 g/mol. The zero-order valence-electron chi connectivity index (χ0n) is 9.63. The molecule has 1 saturated heterocycles. The number of thioether (sulfide) groups is 1. The zero-order chi connectivity index (χ0) is 11.4. The number of hydrogen-bond acceptors (Lipinski definition) is 2. The SMILES string of the molecule is Cc1cc(SCC2CCNCC2)ccc1F. The Kier molecular flexibility index (Phi) is 4.24. The van der Waals surface area contributed by atoms with Crippen molar-refractivity contribution in [1.29, 1.82) is 0 Å². The standard InChI is InChI=1S/C13H18FNS/c1-10-8-12(2-3-13(10)14)16-9-11-4-6-15-7-5-11/h2-3,8,11,15H,4-7,9H2,1H3. The summed E-state index contributed by atoms with van der Waals surface area (Å²) in [5.41, 5.74) is 0.746. The van der Waals surface area contributed by atoms with Crippen LogP contribution in [0.3, 0.4) is 0 Å². The third kappa shape index (κ3) is 3.22. The minimum Gasteiger partial charge on any atom is -0.317 e. The molecule has 0 unspecified atom stereocenters. The van der Waals surface area contributed by atoms with Gasteiger partial charge in [0.1, 0.15) is 5.82 Å². The van der Waals surface area contributed by atoms with Crippen LogP contribution < -0.4 is 5.32 Å². The van der Waals surface area contributed by atoms with E-state index in [0.29, 0.717) is 0 Å². The van der Waals surface area contributed by atoms with Crippen molar-refractivity contribution in [3.63, 3.8) is 0 Å². The Balaban J connectivity index is 1.86. The van der Waals surface area contributed by atoms with Crippen LogP contribution in [0.4, 0.5) is 4.39 Å². The van der Waals surface area contributed by atoms with Crippen molar-refractivity contribution < 1.29 is 4.39 Å². The smallest absolute Gasteiger partial charge is 0.126 e. The van der Waals surface area contributed by atoms with Gasteiger partial charge in [0, 0.05) is 10.6 Å². The monoisotopic (exact) mass is 239 g/mol. The molecular formula is C13H18FNS. The Labute approximate surface area is 101 Å². The second kappa shape index (κ2) is 5.69. The number of benzene rings is 1. The van der Waals surface area contributed by atoms with E-state index in [2.05, 4.69) is 5.32 Å². The van der Waals surface area contributed by atoms with Crippen molar-refractivity contribution in [1.82, 2.24) is 5.32 Å². The van der Waals surface area contributed by atoms with Gasteiger partial charge in [-0.3, -0.25) is 0 Å². The molecule has 1 aliphatic rings. The molecule has 1 nitrogen and oxygen atoms in total. The molecule has 1 fully saturated rings. The lowest BCUT2D eigenvalue weighted by molar-refractivity contribution is 0.408. The molecule has 1 N–H and O–H groups in total. The molecule has 0 spiro atoms. The molecule has 2 rings (SSSR count). The minimum atomic E-state index is -0.105. The summed E-state index contributed by atoms with van der Waals surface area (Å²) < 4.78 is 13.1. The second-order valence-electron chi connectivity index (χ2n) is 4.42. The third-order valence-corrected chi connectivity index (χ3v) is 4.30. The third-order valence-electron chi connectivity index (χ3n) is 3.07. The van der Waals surface area contributed by atoms with Crippen LogP contribution in [0.5, 0.6) is 0 Å². The highest BCUT2D eigenvalue weighted by molar-refractivity contribution is 7.99. The normalized spacial score (nSPS) is 17.6. The van der Waals surface area contributed by atoms with Crippen LogP contribution >= 0.6 is 11.8 Å². The maximum absolute atomic E-state index is 13.1. The lowest BCUT2D eigenvalue weighted by Crippen LogP contribution is -2.28. The first-order chi connectivity index (χ1) is 7.75. The van der Waals surface area contributed by atoms with E-state index in [4.69, 9.17) is 0 Å². The Morgan fingerprint density at radius 2 is 2.12 bits per heavy atom. The second-order valence-corrected chi connectivity index (χ2v) is 5.51. The quantitative estimate of drug-likeness (QED) is 0.813. The molecule has 1 aliphatic heterocycles. The molecule has 0 radical (unpaired) electrons. The molecule has 0 amide bonds. The average Bonchev–Trinajstić information content (AvgIpc) is 2.32.